The first-order chi connectivity index (χ1) is 9.58. The maximum absolute atomic E-state index is 12.4. The summed E-state index contributed by atoms with van der Waals surface area (Å²) >= 11 is 4.72. The van der Waals surface area contributed by atoms with E-state index in [1.165, 1.54) is 0 Å². The van der Waals surface area contributed by atoms with E-state index >= 15 is 0 Å². The van der Waals surface area contributed by atoms with E-state index < -0.39 is 0 Å². The third-order valence-electron chi connectivity index (χ3n) is 3.20. The lowest BCUT2D eigenvalue weighted by atomic mass is 10.2. The molecule has 104 valence electrons. The Hall–Kier alpha value is -1.18. The van der Waals surface area contributed by atoms with E-state index in [1.54, 1.807) is 46.1 Å². The number of thiophene rings is 1. The molecule has 0 saturated heterocycles. The average Bonchev–Trinajstić information content (AvgIpc) is 3.02. The van der Waals surface area contributed by atoms with Crippen LogP contribution in [0.1, 0.15) is 16.1 Å². The minimum Gasteiger partial charge on any atom is -0.290 e. The highest BCUT2D eigenvalue weighted by atomic mass is 32.2. The molecule has 0 atom stereocenters. The van der Waals surface area contributed by atoms with Crippen LogP contribution in [-0.2, 0) is 12.8 Å². The van der Waals surface area contributed by atoms with Gasteiger partial charge in [0.25, 0.3) is 5.56 Å². The molecule has 0 aliphatic rings. The summed E-state index contributed by atoms with van der Waals surface area (Å²) in [5.74, 6) is 0.735. The van der Waals surface area contributed by atoms with Crippen LogP contribution in [0.2, 0.25) is 0 Å². The van der Waals surface area contributed by atoms with Gasteiger partial charge in [-0.15, -0.1) is 22.7 Å². The highest BCUT2D eigenvalue weighted by molar-refractivity contribution is 7.98. The number of thioether (sulfide) groups is 1. The molecule has 0 radical (unpaired) electrons. The lowest BCUT2D eigenvalue weighted by molar-refractivity contribution is 0.727. The summed E-state index contributed by atoms with van der Waals surface area (Å²) in [5.41, 5.74) is 3.93. The average molecular weight is 323 g/mol. The summed E-state index contributed by atoms with van der Waals surface area (Å²) in [6, 6.07) is 0. The second kappa shape index (κ2) is 5.31. The third kappa shape index (κ3) is 2.30. The van der Waals surface area contributed by atoms with Gasteiger partial charge in [0.05, 0.1) is 16.6 Å². The van der Waals surface area contributed by atoms with Gasteiger partial charge >= 0.3 is 0 Å². The Morgan fingerprint density at radius 3 is 2.90 bits per heavy atom. The summed E-state index contributed by atoms with van der Waals surface area (Å²) in [4.78, 5) is 23.3. The van der Waals surface area contributed by atoms with Gasteiger partial charge in [0.15, 0.2) is 5.16 Å². The predicted octanol–water partition coefficient (Wildman–Crippen LogP) is 3.36. The number of thiazole rings is 1. The van der Waals surface area contributed by atoms with Gasteiger partial charge in [-0.1, -0.05) is 11.8 Å². The van der Waals surface area contributed by atoms with Gasteiger partial charge in [0.1, 0.15) is 4.83 Å². The Balaban J connectivity index is 2.03. The maximum atomic E-state index is 12.4. The van der Waals surface area contributed by atoms with E-state index in [2.05, 4.69) is 9.97 Å². The predicted molar refractivity (Wildman–Crippen MR) is 86.0 cm³/mol. The number of aryl methyl sites for hydroxylation is 2. The molecule has 0 aromatic carbocycles. The molecule has 0 unspecified atom stereocenters. The highest BCUT2D eigenvalue weighted by Gasteiger charge is 2.14. The van der Waals surface area contributed by atoms with Crippen molar-refractivity contribution in [3.8, 4) is 0 Å². The van der Waals surface area contributed by atoms with Gasteiger partial charge in [-0.05, 0) is 19.4 Å². The normalized spacial score (nSPS) is 11.3. The number of hydrogen-bond donors (Lipinski definition) is 0. The molecule has 0 amide bonds. The first-order valence-corrected chi connectivity index (χ1v) is 8.79. The monoisotopic (exact) mass is 323 g/mol. The van der Waals surface area contributed by atoms with Gasteiger partial charge in [-0.2, -0.15) is 0 Å². The second-order valence-corrected chi connectivity index (χ2v) is 7.35. The second-order valence-electron chi connectivity index (χ2n) is 4.49. The van der Waals surface area contributed by atoms with E-state index in [-0.39, 0.29) is 5.56 Å². The Morgan fingerprint density at radius 2 is 2.20 bits per heavy atom. The molecule has 3 aromatic rings. The van der Waals surface area contributed by atoms with Crippen LogP contribution in [0.4, 0.5) is 0 Å². The zero-order chi connectivity index (χ0) is 14.3. The van der Waals surface area contributed by atoms with Crippen molar-refractivity contribution in [1.29, 1.82) is 0 Å². The van der Waals surface area contributed by atoms with Gasteiger partial charge in [0, 0.05) is 23.1 Å². The molecule has 0 N–H and O–H groups in total. The summed E-state index contributed by atoms with van der Waals surface area (Å²) in [7, 11) is 1.78. The van der Waals surface area contributed by atoms with Crippen molar-refractivity contribution in [1.82, 2.24) is 14.5 Å². The number of rotatable bonds is 3. The van der Waals surface area contributed by atoms with Crippen molar-refractivity contribution >= 4 is 44.7 Å². The summed E-state index contributed by atoms with van der Waals surface area (Å²) in [6.07, 6.45) is 0. The molecule has 7 heteroatoms. The van der Waals surface area contributed by atoms with Gasteiger partial charge < -0.3 is 0 Å². The van der Waals surface area contributed by atoms with Crippen LogP contribution < -0.4 is 5.56 Å². The van der Waals surface area contributed by atoms with E-state index in [1.807, 2.05) is 24.7 Å². The fourth-order valence-corrected chi connectivity index (χ4v) is 4.54. The smallest absolute Gasteiger partial charge is 0.262 e. The van der Waals surface area contributed by atoms with Crippen molar-refractivity contribution in [3.63, 3.8) is 0 Å². The molecule has 0 fully saturated rings. The SMILES string of the molecule is Cc1sc2nc(SCc3cscn3)n(C)c(=O)c2c1C. The quantitative estimate of drug-likeness (QED) is 0.548. The Bertz CT molecular complexity index is 818. The molecule has 3 heterocycles. The fraction of sp³-hybridized carbons (Fsp3) is 0.308. The molecule has 0 saturated carbocycles. The van der Waals surface area contributed by atoms with Crippen LogP contribution in [0.25, 0.3) is 10.2 Å². The van der Waals surface area contributed by atoms with Crippen LogP contribution in [-0.4, -0.2) is 14.5 Å². The molecule has 0 aliphatic carbocycles. The van der Waals surface area contributed by atoms with Crippen LogP contribution in [0.15, 0.2) is 20.8 Å². The van der Waals surface area contributed by atoms with E-state index in [9.17, 15) is 4.79 Å². The van der Waals surface area contributed by atoms with E-state index in [4.69, 9.17) is 0 Å². The van der Waals surface area contributed by atoms with Crippen LogP contribution >= 0.6 is 34.4 Å². The first kappa shape index (κ1) is 13.8. The lowest BCUT2D eigenvalue weighted by Gasteiger charge is -2.06. The van der Waals surface area contributed by atoms with Crippen molar-refractivity contribution in [3.05, 3.63) is 37.4 Å². The van der Waals surface area contributed by atoms with E-state index in [0.29, 0.717) is 0 Å². The minimum absolute atomic E-state index is 0.0395. The molecular weight excluding hydrogens is 310 g/mol. The molecule has 3 aromatic heterocycles. The topological polar surface area (TPSA) is 47.8 Å². The zero-order valence-corrected chi connectivity index (χ0v) is 13.8. The minimum atomic E-state index is 0.0395. The fourth-order valence-electron chi connectivity index (χ4n) is 1.93. The highest BCUT2D eigenvalue weighted by Crippen LogP contribution is 2.28. The number of hydrogen-bond acceptors (Lipinski definition) is 6. The Labute approximate surface area is 128 Å². The summed E-state index contributed by atoms with van der Waals surface area (Å²) < 4.78 is 1.64. The van der Waals surface area contributed by atoms with Crippen molar-refractivity contribution in [2.24, 2.45) is 7.05 Å². The molecule has 0 bridgehead atoms. The number of nitrogens with zero attached hydrogens (tertiary/aromatic N) is 3. The molecule has 0 spiro atoms. The molecular formula is C13H13N3OS3. The van der Waals surface area contributed by atoms with Gasteiger partial charge in [0.2, 0.25) is 0 Å². The first-order valence-electron chi connectivity index (χ1n) is 6.04. The molecule has 3 rings (SSSR count). The van der Waals surface area contributed by atoms with Crippen LogP contribution in [0.3, 0.4) is 0 Å². The van der Waals surface area contributed by atoms with Crippen LogP contribution in [0, 0.1) is 13.8 Å². The van der Waals surface area contributed by atoms with Crippen LogP contribution in [0.5, 0.6) is 0 Å². The third-order valence-corrected chi connectivity index (χ3v) is 6.00. The maximum Gasteiger partial charge on any atom is 0.262 e. The summed E-state index contributed by atoms with van der Waals surface area (Å²) in [6.45, 7) is 4.02. The standard InChI is InChI=1S/C13H13N3OS3/c1-7-8(2)20-11-10(7)12(17)16(3)13(15-11)19-5-9-4-18-6-14-9/h4,6H,5H2,1-3H3. The largest absolute Gasteiger partial charge is 0.290 e. The zero-order valence-electron chi connectivity index (χ0n) is 11.3. The Kier molecular flexibility index (Phi) is 3.66. The van der Waals surface area contributed by atoms with E-state index in [0.717, 1.165) is 37.3 Å². The lowest BCUT2D eigenvalue weighted by Crippen LogP contribution is -2.19. The van der Waals surface area contributed by atoms with Crippen molar-refractivity contribution in [2.45, 2.75) is 24.8 Å². The number of aromatic nitrogens is 3. The van der Waals surface area contributed by atoms with Crippen molar-refractivity contribution < 1.29 is 0 Å². The molecule has 20 heavy (non-hydrogen) atoms. The molecule has 4 nitrogen and oxygen atoms in total. The number of fused-ring (bicyclic) bond motifs is 1. The van der Waals surface area contributed by atoms with Crippen molar-refractivity contribution in [2.75, 3.05) is 0 Å². The summed E-state index contributed by atoms with van der Waals surface area (Å²) in [5, 5.41) is 3.52. The van der Waals surface area contributed by atoms with Gasteiger partial charge in [-0.25, -0.2) is 9.97 Å². The molecule has 0 aliphatic heterocycles. The van der Waals surface area contributed by atoms with Gasteiger partial charge in [-0.3, -0.25) is 9.36 Å². The Morgan fingerprint density at radius 1 is 1.40 bits per heavy atom.